The first-order valence-electron chi connectivity index (χ1n) is 10.5. The smallest absolute Gasteiger partial charge is 0.255 e. The highest BCUT2D eigenvalue weighted by atomic mass is 35.5. The van der Waals surface area contributed by atoms with Crippen molar-refractivity contribution in [2.45, 2.75) is 43.4 Å². The average Bonchev–Trinajstić information content (AvgIpc) is 3.44. The lowest BCUT2D eigenvalue weighted by Gasteiger charge is -2.22. The Morgan fingerprint density at radius 1 is 1.06 bits per heavy atom. The highest BCUT2D eigenvalue weighted by Crippen LogP contribution is 2.35. The van der Waals surface area contributed by atoms with Crippen molar-refractivity contribution >= 4 is 35.2 Å². The number of aliphatic hydroxyl groups excluding tert-OH is 2. The van der Waals surface area contributed by atoms with Crippen molar-refractivity contribution < 1.29 is 19.8 Å². The summed E-state index contributed by atoms with van der Waals surface area (Å²) < 4.78 is 0. The minimum Gasteiger partial charge on any atom is -0.380 e. The van der Waals surface area contributed by atoms with Gasteiger partial charge in [0.2, 0.25) is 0 Å². The molecule has 0 bridgehead atoms. The molecule has 0 saturated carbocycles. The van der Waals surface area contributed by atoms with Crippen LogP contribution >= 0.6 is 23.4 Å². The molecular weight excluding hydrogens is 448 g/mol. The van der Waals surface area contributed by atoms with Crippen LogP contribution in [-0.4, -0.2) is 50.9 Å². The van der Waals surface area contributed by atoms with Gasteiger partial charge in [-0.1, -0.05) is 60.1 Å². The Labute approximate surface area is 196 Å². The molecule has 0 aromatic heterocycles. The summed E-state index contributed by atoms with van der Waals surface area (Å²) in [6, 6.07) is 15.4. The third-order valence-electron chi connectivity index (χ3n) is 5.74. The van der Waals surface area contributed by atoms with Gasteiger partial charge in [-0.05, 0) is 35.6 Å². The first-order chi connectivity index (χ1) is 15.4. The van der Waals surface area contributed by atoms with Crippen molar-refractivity contribution in [1.29, 1.82) is 0 Å². The van der Waals surface area contributed by atoms with E-state index >= 15 is 0 Å². The van der Waals surface area contributed by atoms with Crippen LogP contribution in [0.2, 0.25) is 5.02 Å². The lowest BCUT2D eigenvalue weighted by molar-refractivity contribution is -0.153. The maximum Gasteiger partial charge on any atom is 0.255 e. The molecule has 3 atom stereocenters. The summed E-state index contributed by atoms with van der Waals surface area (Å²) in [5.41, 5.74) is 3.10. The van der Waals surface area contributed by atoms with Gasteiger partial charge in [-0.15, -0.1) is 11.8 Å². The lowest BCUT2D eigenvalue weighted by atomic mass is 10.1. The molecule has 2 heterocycles. The van der Waals surface area contributed by atoms with E-state index in [1.54, 1.807) is 11.8 Å². The zero-order valence-corrected chi connectivity index (χ0v) is 19.0. The fourth-order valence-electron chi connectivity index (χ4n) is 3.95. The molecule has 6 nitrogen and oxygen atoms in total. The fourth-order valence-corrected chi connectivity index (χ4v) is 5.40. The molecule has 3 N–H and O–H groups in total. The standard InChI is InChI=1S/C24H25ClN2O4S/c25-20-8-4-3-5-15(20)11-18-9-10-19(32-18)12-26-23(30)21(28)22(29)24(31)27-13-16-6-1-2-7-17(16)14-27/h1-8,10,18,21-22,28-29H,9,11-14H2,(H,26,30)/t18?,21-,22-/m1/s1. The van der Waals surface area contributed by atoms with Gasteiger partial charge in [-0.25, -0.2) is 0 Å². The molecule has 8 heteroatoms. The Balaban J connectivity index is 1.23. The second kappa shape index (κ2) is 10.1. The normalized spacial score (nSPS) is 19.3. The molecule has 32 heavy (non-hydrogen) atoms. The quantitative estimate of drug-likeness (QED) is 0.576. The van der Waals surface area contributed by atoms with Crippen LogP contribution in [0.1, 0.15) is 23.1 Å². The van der Waals surface area contributed by atoms with E-state index < -0.39 is 24.0 Å². The lowest BCUT2D eigenvalue weighted by Crippen LogP contribution is -2.49. The van der Waals surface area contributed by atoms with Gasteiger partial charge in [0.1, 0.15) is 0 Å². The van der Waals surface area contributed by atoms with E-state index in [0.717, 1.165) is 39.5 Å². The number of nitrogens with zero attached hydrogens (tertiary/aromatic N) is 1. The molecule has 2 aromatic carbocycles. The molecule has 1 unspecified atom stereocenters. The van der Waals surface area contributed by atoms with Gasteiger partial charge in [0.25, 0.3) is 11.8 Å². The zero-order chi connectivity index (χ0) is 22.7. The molecule has 2 aliphatic rings. The Morgan fingerprint density at radius 3 is 2.41 bits per heavy atom. The number of fused-ring (bicyclic) bond motifs is 1. The Bertz CT molecular complexity index is 1020. The third-order valence-corrected chi connectivity index (χ3v) is 7.42. The van der Waals surface area contributed by atoms with Crippen LogP contribution in [0.25, 0.3) is 0 Å². The maximum absolute atomic E-state index is 12.6. The maximum atomic E-state index is 12.6. The van der Waals surface area contributed by atoms with Crippen molar-refractivity contribution in [1.82, 2.24) is 10.2 Å². The van der Waals surface area contributed by atoms with Crippen molar-refractivity contribution in [2.24, 2.45) is 0 Å². The predicted octanol–water partition coefficient (Wildman–Crippen LogP) is 2.65. The minimum atomic E-state index is -1.82. The number of carbonyl (C=O) groups is 2. The summed E-state index contributed by atoms with van der Waals surface area (Å²) >= 11 is 7.90. The van der Waals surface area contributed by atoms with Crippen LogP contribution in [0.4, 0.5) is 0 Å². The minimum absolute atomic E-state index is 0.246. The highest BCUT2D eigenvalue weighted by Gasteiger charge is 2.35. The molecule has 168 valence electrons. The number of halogens is 1. The number of nitrogens with one attached hydrogen (secondary N) is 1. The number of thioether (sulfide) groups is 1. The highest BCUT2D eigenvalue weighted by molar-refractivity contribution is 8.03. The Hall–Kier alpha value is -2.32. The fraction of sp³-hybridized carbons (Fsp3) is 0.333. The van der Waals surface area contributed by atoms with Crippen LogP contribution in [0, 0.1) is 0 Å². The topological polar surface area (TPSA) is 89.9 Å². The zero-order valence-electron chi connectivity index (χ0n) is 17.4. The molecular formula is C24H25ClN2O4S. The Kier molecular flexibility index (Phi) is 7.20. The van der Waals surface area contributed by atoms with Gasteiger partial charge in [0.15, 0.2) is 12.2 Å². The first-order valence-corrected chi connectivity index (χ1v) is 11.8. The number of amides is 2. The van der Waals surface area contributed by atoms with Gasteiger partial charge in [0, 0.05) is 34.8 Å². The molecule has 0 radical (unpaired) electrons. The summed E-state index contributed by atoms with van der Waals surface area (Å²) in [5, 5.41) is 24.2. The number of carbonyl (C=O) groups excluding carboxylic acids is 2. The van der Waals surface area contributed by atoms with Crippen molar-refractivity contribution in [3.05, 3.63) is 81.2 Å². The molecule has 2 aliphatic heterocycles. The van der Waals surface area contributed by atoms with Crippen LogP contribution in [-0.2, 0) is 29.1 Å². The number of rotatable bonds is 7. The number of benzene rings is 2. The van der Waals surface area contributed by atoms with Crippen LogP contribution in [0.5, 0.6) is 0 Å². The third kappa shape index (κ3) is 5.18. The summed E-state index contributed by atoms with van der Waals surface area (Å²) in [6.45, 7) is 0.961. The van der Waals surface area contributed by atoms with Crippen LogP contribution in [0.15, 0.2) is 59.5 Å². The molecule has 0 fully saturated rings. The van der Waals surface area contributed by atoms with Crippen LogP contribution < -0.4 is 5.32 Å². The van der Waals surface area contributed by atoms with E-state index in [1.165, 1.54) is 4.90 Å². The second-order valence-corrected chi connectivity index (χ2v) is 9.85. The Morgan fingerprint density at radius 2 is 1.72 bits per heavy atom. The van der Waals surface area contributed by atoms with E-state index in [2.05, 4.69) is 11.4 Å². The summed E-state index contributed by atoms with van der Waals surface area (Å²) in [5.74, 6) is -1.42. The number of hydrogen-bond acceptors (Lipinski definition) is 5. The van der Waals surface area contributed by atoms with Crippen molar-refractivity contribution in [3.63, 3.8) is 0 Å². The van der Waals surface area contributed by atoms with E-state index in [9.17, 15) is 19.8 Å². The van der Waals surface area contributed by atoms with Gasteiger partial charge < -0.3 is 20.4 Å². The molecule has 4 rings (SSSR count). The average molecular weight is 473 g/mol. The van der Waals surface area contributed by atoms with Gasteiger partial charge in [-0.2, -0.15) is 0 Å². The number of hydrogen-bond donors (Lipinski definition) is 3. The summed E-state index contributed by atoms with van der Waals surface area (Å²) in [4.78, 5) is 27.4. The molecule has 2 aromatic rings. The molecule has 0 spiro atoms. The van der Waals surface area contributed by atoms with Crippen molar-refractivity contribution in [2.75, 3.05) is 6.54 Å². The van der Waals surface area contributed by atoms with E-state index in [4.69, 9.17) is 11.6 Å². The SMILES string of the molecule is O=C(NCC1=CCC(Cc2ccccc2Cl)S1)[C@H](O)[C@@H](O)C(=O)N1Cc2ccccc2C1. The largest absolute Gasteiger partial charge is 0.380 e. The van der Waals surface area contributed by atoms with E-state index in [-0.39, 0.29) is 6.54 Å². The molecule has 2 amide bonds. The summed E-state index contributed by atoms with van der Waals surface area (Å²) in [7, 11) is 0. The first kappa shape index (κ1) is 22.9. The number of aliphatic hydroxyl groups is 2. The molecule has 0 saturated heterocycles. The van der Waals surface area contributed by atoms with Crippen LogP contribution in [0.3, 0.4) is 0 Å². The summed E-state index contributed by atoms with van der Waals surface area (Å²) in [6.07, 6.45) is 0.119. The predicted molar refractivity (Wildman–Crippen MR) is 125 cm³/mol. The van der Waals surface area contributed by atoms with Gasteiger partial charge >= 0.3 is 0 Å². The molecule has 0 aliphatic carbocycles. The second-order valence-electron chi connectivity index (χ2n) is 8.01. The van der Waals surface area contributed by atoms with E-state index in [0.29, 0.717) is 18.3 Å². The number of allylic oxidation sites excluding steroid dienone is 1. The van der Waals surface area contributed by atoms with Crippen molar-refractivity contribution in [3.8, 4) is 0 Å². The monoisotopic (exact) mass is 472 g/mol. The van der Waals surface area contributed by atoms with Gasteiger partial charge in [0.05, 0.1) is 0 Å². The van der Waals surface area contributed by atoms with Gasteiger partial charge in [-0.3, -0.25) is 9.59 Å². The van der Waals surface area contributed by atoms with E-state index in [1.807, 2.05) is 48.5 Å².